The first-order valence-electron chi connectivity index (χ1n) is 9.26. The molecular formula is C22H16FN5O2. The number of methoxy groups -OCH3 is 1. The van der Waals surface area contributed by atoms with Crippen LogP contribution >= 0.6 is 0 Å². The van der Waals surface area contributed by atoms with Crippen LogP contribution in [0.2, 0.25) is 0 Å². The van der Waals surface area contributed by atoms with E-state index in [1.165, 1.54) is 23.0 Å². The Kier molecular flexibility index (Phi) is 4.24. The van der Waals surface area contributed by atoms with Gasteiger partial charge >= 0.3 is 0 Å². The Morgan fingerprint density at radius 1 is 1.10 bits per heavy atom. The molecule has 5 aromatic rings. The lowest BCUT2D eigenvalue weighted by Gasteiger charge is -2.12. The number of hydrogen-bond donors (Lipinski definition) is 0. The van der Waals surface area contributed by atoms with Crippen LogP contribution in [0.15, 0.2) is 71.9 Å². The molecule has 8 heteroatoms. The van der Waals surface area contributed by atoms with Crippen LogP contribution in [-0.4, -0.2) is 31.3 Å². The van der Waals surface area contributed by atoms with E-state index in [2.05, 4.69) is 15.1 Å². The van der Waals surface area contributed by atoms with E-state index in [0.29, 0.717) is 33.7 Å². The van der Waals surface area contributed by atoms with Gasteiger partial charge in [0.2, 0.25) is 0 Å². The van der Waals surface area contributed by atoms with Gasteiger partial charge in [0.15, 0.2) is 0 Å². The van der Waals surface area contributed by atoms with Gasteiger partial charge in [0.1, 0.15) is 17.9 Å². The van der Waals surface area contributed by atoms with Crippen LogP contribution in [0.1, 0.15) is 5.56 Å². The number of benzene rings is 2. The van der Waals surface area contributed by atoms with Gasteiger partial charge in [-0.1, -0.05) is 24.3 Å². The number of fused-ring (bicyclic) bond motifs is 2. The van der Waals surface area contributed by atoms with Crippen LogP contribution in [0.4, 0.5) is 4.39 Å². The van der Waals surface area contributed by atoms with Crippen molar-refractivity contribution in [3.05, 3.63) is 88.9 Å². The third-order valence-corrected chi connectivity index (χ3v) is 4.93. The number of aromatic nitrogens is 5. The van der Waals surface area contributed by atoms with Crippen molar-refractivity contribution in [2.75, 3.05) is 7.11 Å². The van der Waals surface area contributed by atoms with E-state index in [1.54, 1.807) is 36.0 Å². The summed E-state index contributed by atoms with van der Waals surface area (Å²) in [4.78, 5) is 22.1. The van der Waals surface area contributed by atoms with Crippen molar-refractivity contribution in [1.82, 2.24) is 24.1 Å². The Labute approximate surface area is 170 Å². The van der Waals surface area contributed by atoms with Gasteiger partial charge in [-0.25, -0.2) is 9.37 Å². The van der Waals surface area contributed by atoms with Gasteiger partial charge in [-0.3, -0.25) is 4.79 Å². The molecule has 0 atom stereocenters. The highest BCUT2D eigenvalue weighted by atomic mass is 19.1. The molecule has 0 fully saturated rings. The molecule has 0 N–H and O–H groups in total. The highest BCUT2D eigenvalue weighted by Gasteiger charge is 2.17. The summed E-state index contributed by atoms with van der Waals surface area (Å²) in [6, 6.07) is 15.3. The summed E-state index contributed by atoms with van der Waals surface area (Å²) >= 11 is 0. The van der Waals surface area contributed by atoms with Crippen LogP contribution in [0.3, 0.4) is 0 Å². The molecule has 148 valence electrons. The SMILES string of the molecule is COc1cccc(-c2c3c(=O)n(Cc4cccc(F)c4)ccc3nc3ncnn23)c1. The van der Waals surface area contributed by atoms with Crippen molar-refractivity contribution in [2.24, 2.45) is 0 Å². The van der Waals surface area contributed by atoms with Crippen molar-refractivity contribution >= 4 is 16.7 Å². The molecule has 0 aliphatic rings. The monoisotopic (exact) mass is 401 g/mol. The third kappa shape index (κ3) is 2.98. The molecule has 7 nitrogen and oxygen atoms in total. The highest BCUT2D eigenvalue weighted by molar-refractivity contribution is 5.93. The lowest BCUT2D eigenvalue weighted by Crippen LogP contribution is -2.22. The Bertz CT molecular complexity index is 1460. The molecule has 3 aromatic heterocycles. The molecule has 0 aliphatic heterocycles. The fraction of sp³-hybridized carbons (Fsp3) is 0.0909. The predicted molar refractivity (Wildman–Crippen MR) is 110 cm³/mol. The van der Waals surface area contributed by atoms with Crippen molar-refractivity contribution in [1.29, 1.82) is 0 Å². The van der Waals surface area contributed by atoms with Crippen LogP contribution < -0.4 is 10.3 Å². The molecule has 2 aromatic carbocycles. The molecule has 30 heavy (non-hydrogen) atoms. The maximum Gasteiger partial charge on any atom is 0.262 e. The summed E-state index contributed by atoms with van der Waals surface area (Å²) in [6.45, 7) is 0.236. The first kappa shape index (κ1) is 18.0. The van der Waals surface area contributed by atoms with E-state index in [4.69, 9.17) is 4.74 Å². The Morgan fingerprint density at radius 2 is 1.97 bits per heavy atom. The zero-order chi connectivity index (χ0) is 20.7. The van der Waals surface area contributed by atoms with Crippen molar-refractivity contribution in [3.63, 3.8) is 0 Å². The lowest BCUT2D eigenvalue weighted by atomic mass is 10.1. The fourth-order valence-corrected chi connectivity index (χ4v) is 3.56. The first-order chi connectivity index (χ1) is 14.6. The molecular weight excluding hydrogens is 385 g/mol. The average Bonchev–Trinajstić information content (AvgIpc) is 3.22. The minimum absolute atomic E-state index is 0.236. The second-order valence-electron chi connectivity index (χ2n) is 6.80. The maximum atomic E-state index is 13.6. The zero-order valence-electron chi connectivity index (χ0n) is 16.0. The second-order valence-corrected chi connectivity index (χ2v) is 6.80. The Morgan fingerprint density at radius 3 is 2.80 bits per heavy atom. The van der Waals surface area contributed by atoms with E-state index in [1.807, 2.05) is 24.3 Å². The van der Waals surface area contributed by atoms with Crippen LogP contribution in [-0.2, 0) is 6.54 Å². The third-order valence-electron chi connectivity index (χ3n) is 4.93. The summed E-state index contributed by atoms with van der Waals surface area (Å²) in [6.07, 6.45) is 3.06. The molecule has 0 saturated carbocycles. The predicted octanol–water partition coefficient (Wildman–Crippen LogP) is 3.30. The summed E-state index contributed by atoms with van der Waals surface area (Å²) in [5, 5.41) is 4.67. The van der Waals surface area contributed by atoms with Gasteiger partial charge in [0, 0.05) is 11.8 Å². The number of hydrogen-bond acceptors (Lipinski definition) is 5. The molecule has 0 spiro atoms. The van der Waals surface area contributed by atoms with Crippen LogP contribution in [0.5, 0.6) is 5.75 Å². The van der Waals surface area contributed by atoms with Crippen LogP contribution in [0, 0.1) is 5.82 Å². The summed E-state index contributed by atoms with van der Waals surface area (Å²) in [5.41, 5.74) is 2.27. The number of halogens is 1. The summed E-state index contributed by atoms with van der Waals surface area (Å²) < 4.78 is 22.0. The summed E-state index contributed by atoms with van der Waals surface area (Å²) in [7, 11) is 1.58. The van der Waals surface area contributed by atoms with E-state index < -0.39 is 0 Å². The molecule has 0 unspecified atom stereocenters. The molecule has 0 bridgehead atoms. The fourth-order valence-electron chi connectivity index (χ4n) is 3.56. The normalized spacial score (nSPS) is 11.3. The maximum absolute atomic E-state index is 13.6. The molecule has 3 heterocycles. The molecule has 0 aliphatic carbocycles. The number of ether oxygens (including phenoxy) is 1. The van der Waals surface area contributed by atoms with Crippen LogP contribution in [0.25, 0.3) is 27.9 Å². The van der Waals surface area contributed by atoms with Crippen molar-refractivity contribution in [3.8, 4) is 17.0 Å². The lowest BCUT2D eigenvalue weighted by molar-refractivity contribution is 0.415. The van der Waals surface area contributed by atoms with Gasteiger partial charge in [-0.05, 0) is 35.9 Å². The minimum Gasteiger partial charge on any atom is -0.497 e. The number of rotatable bonds is 4. The molecule has 0 saturated heterocycles. The largest absolute Gasteiger partial charge is 0.497 e. The zero-order valence-corrected chi connectivity index (χ0v) is 16.0. The van der Waals surface area contributed by atoms with Gasteiger partial charge in [-0.2, -0.15) is 14.6 Å². The van der Waals surface area contributed by atoms with Crippen molar-refractivity contribution in [2.45, 2.75) is 6.54 Å². The van der Waals surface area contributed by atoms with E-state index in [9.17, 15) is 9.18 Å². The number of nitrogens with zero attached hydrogens (tertiary/aromatic N) is 5. The quantitative estimate of drug-likeness (QED) is 0.462. The molecule has 0 radical (unpaired) electrons. The van der Waals surface area contributed by atoms with E-state index in [0.717, 1.165) is 5.56 Å². The van der Waals surface area contributed by atoms with Gasteiger partial charge in [0.25, 0.3) is 11.3 Å². The molecule has 0 amide bonds. The smallest absolute Gasteiger partial charge is 0.262 e. The van der Waals surface area contributed by atoms with Gasteiger partial charge in [-0.15, -0.1) is 0 Å². The molecule has 5 rings (SSSR count). The highest BCUT2D eigenvalue weighted by Crippen LogP contribution is 2.28. The standard InChI is InChI=1S/C22H16FN5O2/c1-30-17-7-3-5-15(11-17)20-19-18(26-22-24-13-25-28(20)22)8-9-27(21(19)29)12-14-4-2-6-16(23)10-14/h2-11,13H,12H2,1H3. The topological polar surface area (TPSA) is 74.3 Å². The summed E-state index contributed by atoms with van der Waals surface area (Å²) in [5.74, 6) is 0.703. The Balaban J connectivity index is 1.79. The van der Waals surface area contributed by atoms with Crippen molar-refractivity contribution < 1.29 is 9.13 Å². The van der Waals surface area contributed by atoms with Gasteiger partial charge < -0.3 is 9.30 Å². The Hall–Kier alpha value is -4.07. The van der Waals surface area contributed by atoms with E-state index >= 15 is 0 Å². The van der Waals surface area contributed by atoms with Gasteiger partial charge in [0.05, 0.1) is 30.3 Å². The minimum atomic E-state index is -0.343. The average molecular weight is 401 g/mol. The number of pyridine rings is 1. The van der Waals surface area contributed by atoms with E-state index in [-0.39, 0.29) is 17.9 Å². The second kappa shape index (κ2) is 7.07. The first-order valence-corrected chi connectivity index (χ1v) is 9.26.